The summed E-state index contributed by atoms with van der Waals surface area (Å²) in [5.74, 6) is 2.28. The Kier molecular flexibility index (Phi) is 7.44. The summed E-state index contributed by atoms with van der Waals surface area (Å²) >= 11 is 0. The molecule has 1 aromatic rings. The zero-order valence-corrected chi connectivity index (χ0v) is 22.7. The third-order valence-corrected chi connectivity index (χ3v) is 11.3. The minimum atomic E-state index is -0.530. The first kappa shape index (κ1) is 25.8. The number of hydrogen-bond acceptors (Lipinski definition) is 5. The summed E-state index contributed by atoms with van der Waals surface area (Å²) in [5.41, 5.74) is 1.10. The minimum absolute atomic E-state index is 0.0267. The predicted molar refractivity (Wildman–Crippen MR) is 140 cm³/mol. The van der Waals surface area contributed by atoms with Gasteiger partial charge in [-0.25, -0.2) is 0 Å². The molecule has 5 heteroatoms. The molecule has 8 atom stereocenters. The van der Waals surface area contributed by atoms with E-state index in [1.165, 1.54) is 50.5 Å². The van der Waals surface area contributed by atoms with Crippen molar-refractivity contribution in [1.82, 2.24) is 10.2 Å². The molecule has 4 aliphatic carbocycles. The van der Waals surface area contributed by atoms with Crippen molar-refractivity contribution in [3.63, 3.8) is 0 Å². The summed E-state index contributed by atoms with van der Waals surface area (Å²) in [6.07, 6.45) is 15.9. The smallest absolute Gasteiger partial charge is 0.0937 e. The summed E-state index contributed by atoms with van der Waals surface area (Å²) in [6, 6.07) is 2.13. The second-order valence-corrected chi connectivity index (χ2v) is 13.2. The molecule has 0 radical (unpaired) electrons. The summed E-state index contributed by atoms with van der Waals surface area (Å²) < 4.78 is 11.8. The van der Waals surface area contributed by atoms with Crippen LogP contribution in [0.5, 0.6) is 0 Å². The maximum Gasteiger partial charge on any atom is 0.0937 e. The molecule has 1 aromatic heterocycles. The molecule has 1 heterocycles. The van der Waals surface area contributed by atoms with Crippen molar-refractivity contribution in [1.29, 1.82) is 0 Å². The average Bonchev–Trinajstić information content (AvgIpc) is 3.44. The molecule has 0 bridgehead atoms. The van der Waals surface area contributed by atoms with Gasteiger partial charge >= 0.3 is 0 Å². The van der Waals surface area contributed by atoms with Crippen molar-refractivity contribution in [2.24, 2.45) is 28.6 Å². The molecule has 0 aliphatic heterocycles. The highest BCUT2D eigenvalue weighted by Crippen LogP contribution is 2.70. The third-order valence-electron chi connectivity index (χ3n) is 11.3. The standard InChI is InChI=1S/C30H50N2O3/c1-28-12-8-24(35-19-16-31-15-5-17-32(3)4)20-23(28)6-7-27-26(28)9-13-29(2)25(10-14-30(27,29)33)22-11-18-34-21-22/h11,18,21,23-27,31,33H,5-10,12-17,19-20H2,1-4H3/t23-,24+,25-,26+,27-,28+,29-,30+/m1/s1. The minimum Gasteiger partial charge on any atom is -0.472 e. The number of aliphatic hydroxyl groups is 1. The molecule has 35 heavy (non-hydrogen) atoms. The van der Waals surface area contributed by atoms with Gasteiger partial charge in [-0.3, -0.25) is 0 Å². The number of ether oxygens (including phenoxy) is 1. The quantitative estimate of drug-likeness (QED) is 0.455. The van der Waals surface area contributed by atoms with Gasteiger partial charge in [-0.05, 0) is 132 Å². The Morgan fingerprint density at radius 3 is 2.69 bits per heavy atom. The Balaban J connectivity index is 1.17. The summed E-state index contributed by atoms with van der Waals surface area (Å²) in [4.78, 5) is 2.24. The van der Waals surface area contributed by atoms with Gasteiger partial charge < -0.3 is 24.5 Å². The molecule has 5 rings (SSSR count). The Hall–Kier alpha value is -0.880. The van der Waals surface area contributed by atoms with Crippen molar-refractivity contribution in [2.45, 2.75) is 95.7 Å². The third kappa shape index (κ3) is 4.53. The zero-order valence-electron chi connectivity index (χ0n) is 22.7. The van der Waals surface area contributed by atoms with E-state index in [2.05, 4.69) is 44.2 Å². The second kappa shape index (κ2) is 10.1. The number of furan rings is 1. The first-order chi connectivity index (χ1) is 16.8. The van der Waals surface area contributed by atoms with Crippen LogP contribution in [0.1, 0.15) is 89.5 Å². The number of nitrogens with one attached hydrogen (secondary N) is 1. The molecule has 4 fully saturated rings. The predicted octanol–water partition coefficient (Wildman–Crippen LogP) is 5.45. The number of hydrogen-bond donors (Lipinski definition) is 2. The van der Waals surface area contributed by atoms with Gasteiger partial charge in [0.05, 0.1) is 30.8 Å². The lowest BCUT2D eigenvalue weighted by Gasteiger charge is -2.63. The van der Waals surface area contributed by atoms with Crippen molar-refractivity contribution in [3.05, 3.63) is 24.2 Å². The molecule has 5 nitrogen and oxygen atoms in total. The molecule has 198 valence electrons. The maximum absolute atomic E-state index is 12.4. The zero-order chi connectivity index (χ0) is 24.7. The van der Waals surface area contributed by atoms with Crippen LogP contribution in [0.25, 0.3) is 0 Å². The number of rotatable bonds is 9. The van der Waals surface area contributed by atoms with Crippen molar-refractivity contribution in [2.75, 3.05) is 40.3 Å². The van der Waals surface area contributed by atoms with Gasteiger partial charge in [-0.2, -0.15) is 0 Å². The van der Waals surface area contributed by atoms with Gasteiger partial charge in [0, 0.05) is 12.0 Å². The van der Waals surface area contributed by atoms with Crippen molar-refractivity contribution in [3.8, 4) is 0 Å². The van der Waals surface area contributed by atoms with E-state index in [0.717, 1.165) is 51.4 Å². The van der Waals surface area contributed by atoms with Crippen LogP contribution in [0.3, 0.4) is 0 Å². The molecule has 0 amide bonds. The Morgan fingerprint density at radius 1 is 1.06 bits per heavy atom. The molecule has 0 aromatic carbocycles. The molecule has 4 aliphatic rings. The highest BCUT2D eigenvalue weighted by atomic mass is 16.5. The van der Waals surface area contributed by atoms with Crippen molar-refractivity contribution >= 4 is 0 Å². The average molecular weight is 487 g/mol. The van der Waals surface area contributed by atoms with Gasteiger partial charge in [0.2, 0.25) is 0 Å². The van der Waals surface area contributed by atoms with Crippen LogP contribution in [-0.2, 0) is 4.74 Å². The maximum atomic E-state index is 12.4. The fourth-order valence-electron chi connectivity index (χ4n) is 9.29. The van der Waals surface area contributed by atoms with Crippen LogP contribution >= 0.6 is 0 Å². The van der Waals surface area contributed by atoms with E-state index in [1.54, 1.807) is 6.26 Å². The van der Waals surface area contributed by atoms with E-state index in [0.29, 0.717) is 29.3 Å². The molecule has 0 spiro atoms. The van der Waals surface area contributed by atoms with E-state index in [9.17, 15) is 5.11 Å². The molecular weight excluding hydrogens is 436 g/mol. The Morgan fingerprint density at radius 2 is 1.91 bits per heavy atom. The molecule has 4 saturated carbocycles. The first-order valence-corrected chi connectivity index (χ1v) is 14.5. The Labute approximate surface area is 213 Å². The molecule has 2 N–H and O–H groups in total. The van der Waals surface area contributed by atoms with Gasteiger partial charge in [0.1, 0.15) is 0 Å². The number of nitrogens with zero attached hydrogens (tertiary/aromatic N) is 1. The topological polar surface area (TPSA) is 57.9 Å². The SMILES string of the molecule is CN(C)CCCNCCO[C@H]1CC[C@@]2(C)[C@H](CC[C@@H]3[C@@H]2CC[C@]2(C)[C@@H](c4ccoc4)CC[C@]32O)C1. The molecular formula is C30H50N2O3. The fourth-order valence-corrected chi connectivity index (χ4v) is 9.29. The lowest BCUT2D eigenvalue weighted by atomic mass is 9.43. The van der Waals surface area contributed by atoms with E-state index in [4.69, 9.17) is 9.15 Å². The second-order valence-electron chi connectivity index (χ2n) is 13.2. The summed E-state index contributed by atoms with van der Waals surface area (Å²) in [6.45, 7) is 8.96. The summed E-state index contributed by atoms with van der Waals surface area (Å²) in [7, 11) is 4.26. The first-order valence-electron chi connectivity index (χ1n) is 14.5. The highest BCUT2D eigenvalue weighted by Gasteiger charge is 2.67. The monoisotopic (exact) mass is 486 g/mol. The van der Waals surface area contributed by atoms with Gasteiger partial charge in [-0.15, -0.1) is 0 Å². The Bertz CT molecular complexity index is 828. The van der Waals surface area contributed by atoms with Crippen LogP contribution in [-0.4, -0.2) is 62.0 Å². The largest absolute Gasteiger partial charge is 0.472 e. The lowest BCUT2D eigenvalue weighted by molar-refractivity contribution is -0.207. The van der Waals surface area contributed by atoms with Crippen LogP contribution < -0.4 is 5.32 Å². The molecule has 0 saturated heterocycles. The van der Waals surface area contributed by atoms with Crippen LogP contribution in [0.2, 0.25) is 0 Å². The van der Waals surface area contributed by atoms with Gasteiger partial charge in [0.15, 0.2) is 0 Å². The molecule has 0 unspecified atom stereocenters. The van der Waals surface area contributed by atoms with E-state index >= 15 is 0 Å². The van der Waals surface area contributed by atoms with E-state index in [1.807, 2.05) is 6.26 Å². The van der Waals surface area contributed by atoms with E-state index < -0.39 is 5.60 Å². The lowest BCUT2D eigenvalue weighted by Crippen LogP contribution is -2.62. The normalized spacial score (nSPS) is 43.1. The van der Waals surface area contributed by atoms with Crippen LogP contribution in [0.4, 0.5) is 0 Å². The van der Waals surface area contributed by atoms with Crippen molar-refractivity contribution < 1.29 is 14.3 Å². The van der Waals surface area contributed by atoms with Gasteiger partial charge in [0.25, 0.3) is 0 Å². The number of fused-ring (bicyclic) bond motifs is 5. The summed E-state index contributed by atoms with van der Waals surface area (Å²) in [5, 5.41) is 15.9. The van der Waals surface area contributed by atoms with Crippen LogP contribution in [0.15, 0.2) is 23.0 Å². The van der Waals surface area contributed by atoms with Crippen LogP contribution in [0, 0.1) is 28.6 Å². The van der Waals surface area contributed by atoms with E-state index in [-0.39, 0.29) is 5.41 Å². The van der Waals surface area contributed by atoms with Gasteiger partial charge in [-0.1, -0.05) is 13.8 Å². The highest BCUT2D eigenvalue weighted by molar-refractivity contribution is 5.26. The fraction of sp³-hybridized carbons (Fsp3) is 0.867.